The molecule has 0 spiro atoms. The lowest BCUT2D eigenvalue weighted by atomic mass is 9.94. The number of rotatable bonds is 35. The van der Waals surface area contributed by atoms with E-state index in [1.54, 1.807) is 0 Å². The third kappa shape index (κ3) is 36.9. The Morgan fingerprint density at radius 1 is 0.522 bits per heavy atom. The molecule has 3 nitrogen and oxygen atoms in total. The van der Waals surface area contributed by atoms with Crippen LogP contribution >= 0.6 is 0 Å². The summed E-state index contributed by atoms with van der Waals surface area (Å²) in [5.41, 5.74) is 0. The van der Waals surface area contributed by atoms with E-state index in [4.69, 9.17) is 0 Å². The zero-order valence-corrected chi connectivity index (χ0v) is 31.6. The van der Waals surface area contributed by atoms with E-state index in [9.17, 15) is 4.79 Å². The zero-order valence-electron chi connectivity index (χ0n) is 31.6. The first-order chi connectivity index (χ1) is 22.6. The van der Waals surface area contributed by atoms with Gasteiger partial charge in [0.15, 0.2) is 0 Å². The normalized spacial score (nSPS) is 13.0. The van der Waals surface area contributed by atoms with E-state index < -0.39 is 0 Å². The third-order valence-electron chi connectivity index (χ3n) is 9.00. The predicted octanol–water partition coefficient (Wildman–Crippen LogP) is 13.1. The van der Waals surface area contributed by atoms with Gasteiger partial charge in [0.2, 0.25) is 5.91 Å². The molecule has 0 atom stereocenters. The number of nitrogens with zero attached hydrogens (tertiary/aromatic N) is 1. The molecule has 0 aliphatic heterocycles. The lowest BCUT2D eigenvalue weighted by Crippen LogP contribution is -2.31. The van der Waals surface area contributed by atoms with Gasteiger partial charge in [-0.05, 0) is 97.1 Å². The summed E-state index contributed by atoms with van der Waals surface area (Å²) in [6, 6.07) is 0. The van der Waals surface area contributed by atoms with E-state index in [1.165, 1.54) is 154 Å². The van der Waals surface area contributed by atoms with E-state index in [1.807, 2.05) is 14.1 Å². The Kier molecular flexibility index (Phi) is 36.5. The molecular formula is C43H80N2O. The van der Waals surface area contributed by atoms with Crippen molar-refractivity contribution in [2.45, 2.75) is 187 Å². The van der Waals surface area contributed by atoms with Crippen LogP contribution in [-0.2, 0) is 4.79 Å². The van der Waals surface area contributed by atoms with Crippen molar-refractivity contribution in [3.05, 3.63) is 48.6 Å². The molecule has 0 fully saturated rings. The summed E-state index contributed by atoms with van der Waals surface area (Å²) in [7, 11) is 4.07. The summed E-state index contributed by atoms with van der Waals surface area (Å²) in [5, 5.41) is 3.26. The lowest BCUT2D eigenvalue weighted by molar-refractivity contribution is -0.121. The van der Waals surface area contributed by atoms with Gasteiger partial charge in [0, 0.05) is 19.5 Å². The van der Waals surface area contributed by atoms with Crippen LogP contribution in [0.4, 0.5) is 0 Å². The number of hydrogen-bond donors (Lipinski definition) is 1. The smallest absolute Gasteiger partial charge is 0.221 e. The average molecular weight is 641 g/mol. The molecule has 1 N–H and O–H groups in total. The van der Waals surface area contributed by atoms with Gasteiger partial charge >= 0.3 is 0 Å². The molecule has 268 valence electrons. The van der Waals surface area contributed by atoms with Crippen molar-refractivity contribution < 1.29 is 4.79 Å². The Hall–Kier alpha value is -1.61. The van der Waals surface area contributed by atoms with Crippen LogP contribution in [0.25, 0.3) is 0 Å². The van der Waals surface area contributed by atoms with Crippen molar-refractivity contribution in [3.8, 4) is 0 Å². The summed E-state index contributed by atoms with van der Waals surface area (Å²) in [4.78, 5) is 14.4. The Morgan fingerprint density at radius 2 is 0.891 bits per heavy atom. The van der Waals surface area contributed by atoms with Gasteiger partial charge in [-0.3, -0.25) is 4.79 Å². The second-order valence-corrected chi connectivity index (χ2v) is 14.0. The number of nitrogens with one attached hydrogen (secondary N) is 1. The summed E-state index contributed by atoms with van der Waals surface area (Å²) in [6.45, 7) is 6.23. The van der Waals surface area contributed by atoms with Crippen molar-refractivity contribution >= 4 is 5.91 Å². The largest absolute Gasteiger partial charge is 0.356 e. The summed E-state index contributed by atoms with van der Waals surface area (Å²) in [5.74, 6) is 0.854. The molecule has 0 aromatic carbocycles. The molecular weight excluding hydrogens is 560 g/mol. The van der Waals surface area contributed by atoms with Crippen LogP contribution in [0.5, 0.6) is 0 Å². The molecule has 3 heteroatoms. The van der Waals surface area contributed by atoms with Crippen LogP contribution in [0, 0.1) is 5.92 Å². The van der Waals surface area contributed by atoms with Gasteiger partial charge in [0.1, 0.15) is 0 Å². The summed E-state index contributed by atoms with van der Waals surface area (Å²) < 4.78 is 0. The first-order valence-corrected chi connectivity index (χ1v) is 20.1. The van der Waals surface area contributed by atoms with Crippen LogP contribution in [0.3, 0.4) is 0 Å². The highest BCUT2D eigenvalue weighted by molar-refractivity contribution is 5.76. The molecule has 0 radical (unpaired) electrons. The summed E-state index contributed by atoms with van der Waals surface area (Å²) >= 11 is 0. The SMILES string of the molecule is CCCCCC=CCC=CCCCCCCCCC(CCCCCCCCC=CCC=CCCCCC)CNC(=O)CCN(C)C. The first kappa shape index (κ1) is 44.4. The van der Waals surface area contributed by atoms with E-state index in [2.05, 4.69) is 72.7 Å². The topological polar surface area (TPSA) is 32.3 Å². The van der Waals surface area contributed by atoms with Gasteiger partial charge in [-0.15, -0.1) is 0 Å². The second kappa shape index (κ2) is 37.8. The maximum atomic E-state index is 12.3. The fourth-order valence-corrected chi connectivity index (χ4v) is 5.86. The van der Waals surface area contributed by atoms with E-state index in [0.29, 0.717) is 12.3 Å². The van der Waals surface area contributed by atoms with Gasteiger partial charge in [0.25, 0.3) is 0 Å². The molecule has 0 heterocycles. The molecule has 0 aliphatic carbocycles. The molecule has 0 bridgehead atoms. The van der Waals surface area contributed by atoms with Crippen molar-refractivity contribution in [1.82, 2.24) is 10.2 Å². The maximum Gasteiger partial charge on any atom is 0.221 e. The molecule has 0 aliphatic rings. The number of unbranched alkanes of at least 4 members (excludes halogenated alkanes) is 18. The molecule has 1 amide bonds. The summed E-state index contributed by atoms with van der Waals surface area (Å²) in [6.07, 6.45) is 53.2. The molecule has 0 rings (SSSR count). The Bertz CT molecular complexity index is 687. The first-order valence-electron chi connectivity index (χ1n) is 20.1. The Balaban J connectivity index is 4.00. The molecule has 0 aromatic heterocycles. The quantitative estimate of drug-likeness (QED) is 0.0552. The number of hydrogen-bond acceptors (Lipinski definition) is 2. The fraction of sp³-hybridized carbons (Fsp3) is 0.791. The highest BCUT2D eigenvalue weighted by Gasteiger charge is 2.11. The maximum absolute atomic E-state index is 12.3. The highest BCUT2D eigenvalue weighted by atomic mass is 16.1. The van der Waals surface area contributed by atoms with Crippen LogP contribution in [0.15, 0.2) is 48.6 Å². The number of amides is 1. The van der Waals surface area contributed by atoms with Gasteiger partial charge in [-0.25, -0.2) is 0 Å². The van der Waals surface area contributed by atoms with Crippen LogP contribution in [0.1, 0.15) is 187 Å². The van der Waals surface area contributed by atoms with Crippen LogP contribution < -0.4 is 5.32 Å². The highest BCUT2D eigenvalue weighted by Crippen LogP contribution is 2.19. The van der Waals surface area contributed by atoms with Crippen LogP contribution in [-0.4, -0.2) is 38.0 Å². The van der Waals surface area contributed by atoms with Crippen LogP contribution in [0.2, 0.25) is 0 Å². The van der Waals surface area contributed by atoms with E-state index in [-0.39, 0.29) is 5.91 Å². The number of allylic oxidation sites excluding steroid dienone is 8. The molecule has 0 saturated heterocycles. The van der Waals surface area contributed by atoms with Gasteiger partial charge in [-0.1, -0.05) is 152 Å². The number of carbonyl (C=O) groups excluding carboxylic acids is 1. The monoisotopic (exact) mass is 641 g/mol. The van der Waals surface area contributed by atoms with Crippen molar-refractivity contribution in [2.75, 3.05) is 27.2 Å². The van der Waals surface area contributed by atoms with Crippen molar-refractivity contribution in [3.63, 3.8) is 0 Å². The molecule has 0 unspecified atom stereocenters. The molecule has 0 aromatic rings. The van der Waals surface area contributed by atoms with Crippen molar-refractivity contribution in [2.24, 2.45) is 5.92 Å². The fourth-order valence-electron chi connectivity index (χ4n) is 5.86. The Labute approximate surface area is 289 Å². The minimum absolute atomic E-state index is 0.216. The second-order valence-electron chi connectivity index (χ2n) is 14.0. The van der Waals surface area contributed by atoms with E-state index in [0.717, 1.165) is 25.9 Å². The average Bonchev–Trinajstić information content (AvgIpc) is 3.05. The minimum Gasteiger partial charge on any atom is -0.356 e. The third-order valence-corrected chi connectivity index (χ3v) is 9.00. The number of carbonyl (C=O) groups is 1. The predicted molar refractivity (Wildman–Crippen MR) is 208 cm³/mol. The van der Waals surface area contributed by atoms with Gasteiger partial charge in [0.05, 0.1) is 0 Å². The van der Waals surface area contributed by atoms with E-state index >= 15 is 0 Å². The molecule has 46 heavy (non-hydrogen) atoms. The minimum atomic E-state index is 0.216. The lowest BCUT2D eigenvalue weighted by Gasteiger charge is -2.18. The van der Waals surface area contributed by atoms with Gasteiger partial charge in [-0.2, -0.15) is 0 Å². The zero-order chi connectivity index (χ0) is 33.6. The van der Waals surface area contributed by atoms with Gasteiger partial charge < -0.3 is 10.2 Å². The molecule has 0 saturated carbocycles. The van der Waals surface area contributed by atoms with Crippen molar-refractivity contribution in [1.29, 1.82) is 0 Å². The Morgan fingerprint density at radius 3 is 1.28 bits per heavy atom. The standard InChI is InChI=1S/C43H80N2O/c1-5-7-9-11-13-15-17-19-21-23-25-27-29-31-33-35-37-42(41-44-43(46)39-40-45(3)4)38-36-34-32-30-28-26-24-22-20-18-16-14-12-10-8-6-2/h13-16,19-22,42H,5-12,17-18,23-41H2,1-4H3,(H,44,46).